The third-order valence-electron chi connectivity index (χ3n) is 3.76. The maximum atomic E-state index is 12.3. The number of anilines is 1. The van der Waals surface area contributed by atoms with Gasteiger partial charge in [0.05, 0.1) is 31.6 Å². The molecule has 0 saturated carbocycles. The highest BCUT2D eigenvalue weighted by Gasteiger charge is 2.13. The molecule has 0 bridgehead atoms. The maximum Gasteiger partial charge on any atom is 0.340 e. The Labute approximate surface area is 165 Å². The Morgan fingerprint density at radius 3 is 2.57 bits per heavy atom. The quantitative estimate of drug-likeness (QED) is 0.516. The van der Waals surface area contributed by atoms with Crippen LogP contribution in [0.1, 0.15) is 36.2 Å². The zero-order valence-electron chi connectivity index (χ0n) is 16.4. The van der Waals surface area contributed by atoms with Gasteiger partial charge in [-0.3, -0.25) is 4.79 Å². The average Bonchev–Trinajstić information content (AvgIpc) is 2.71. The maximum absolute atomic E-state index is 12.3. The van der Waals surface area contributed by atoms with Crippen molar-refractivity contribution in [2.24, 2.45) is 0 Å². The van der Waals surface area contributed by atoms with Crippen molar-refractivity contribution < 1.29 is 23.8 Å². The van der Waals surface area contributed by atoms with Crippen LogP contribution in [-0.2, 0) is 9.53 Å². The standard InChI is InChI=1S/C22H25NO5/c1-4-14-28-19-12-10-16(15-20(19)26-3)11-13-21(24)23-18-9-7-6-8-17(18)22(25)27-5-2/h6-13,15H,4-5,14H2,1-3H3,(H,23,24)/b13-11+. The first-order chi connectivity index (χ1) is 13.6. The summed E-state index contributed by atoms with van der Waals surface area (Å²) in [5.74, 6) is 0.426. The number of rotatable bonds is 9. The number of benzene rings is 2. The highest BCUT2D eigenvalue weighted by Crippen LogP contribution is 2.28. The molecule has 0 radical (unpaired) electrons. The van der Waals surface area contributed by atoms with Crippen LogP contribution in [0.25, 0.3) is 6.08 Å². The van der Waals surface area contributed by atoms with E-state index >= 15 is 0 Å². The molecule has 0 atom stereocenters. The van der Waals surface area contributed by atoms with Crippen molar-refractivity contribution in [2.45, 2.75) is 20.3 Å². The topological polar surface area (TPSA) is 73.9 Å². The second kappa shape index (κ2) is 10.8. The van der Waals surface area contributed by atoms with E-state index in [-0.39, 0.29) is 12.5 Å². The van der Waals surface area contributed by atoms with Crippen LogP contribution in [0.3, 0.4) is 0 Å². The van der Waals surface area contributed by atoms with Gasteiger partial charge in [0.1, 0.15) is 0 Å². The van der Waals surface area contributed by atoms with Crippen molar-refractivity contribution in [1.29, 1.82) is 0 Å². The average molecular weight is 383 g/mol. The predicted molar refractivity (Wildman–Crippen MR) is 109 cm³/mol. The lowest BCUT2D eigenvalue weighted by molar-refractivity contribution is -0.111. The lowest BCUT2D eigenvalue weighted by Gasteiger charge is -2.10. The van der Waals surface area contributed by atoms with Crippen LogP contribution >= 0.6 is 0 Å². The molecule has 2 aromatic rings. The molecule has 0 unspecified atom stereocenters. The molecule has 0 spiro atoms. The fraction of sp³-hybridized carbons (Fsp3) is 0.273. The number of esters is 1. The summed E-state index contributed by atoms with van der Waals surface area (Å²) >= 11 is 0. The summed E-state index contributed by atoms with van der Waals surface area (Å²) < 4.78 is 16.0. The number of nitrogens with one attached hydrogen (secondary N) is 1. The molecule has 2 aromatic carbocycles. The van der Waals surface area contributed by atoms with Gasteiger partial charge in [-0.1, -0.05) is 25.1 Å². The molecule has 2 rings (SSSR count). The molecular formula is C22H25NO5. The van der Waals surface area contributed by atoms with Crippen LogP contribution in [0.5, 0.6) is 11.5 Å². The number of methoxy groups -OCH3 is 1. The van der Waals surface area contributed by atoms with Crippen LogP contribution in [0.15, 0.2) is 48.5 Å². The molecule has 0 heterocycles. The summed E-state index contributed by atoms with van der Waals surface area (Å²) in [5.41, 5.74) is 1.50. The molecule has 0 aliphatic heterocycles. The fourth-order valence-electron chi connectivity index (χ4n) is 2.44. The van der Waals surface area contributed by atoms with Gasteiger partial charge in [-0.25, -0.2) is 4.79 Å². The van der Waals surface area contributed by atoms with Gasteiger partial charge in [0, 0.05) is 6.08 Å². The normalized spacial score (nSPS) is 10.5. The van der Waals surface area contributed by atoms with E-state index in [1.54, 1.807) is 50.4 Å². The Morgan fingerprint density at radius 1 is 1.07 bits per heavy atom. The van der Waals surface area contributed by atoms with E-state index in [0.717, 1.165) is 12.0 Å². The van der Waals surface area contributed by atoms with Crippen molar-refractivity contribution in [3.05, 3.63) is 59.7 Å². The Hall–Kier alpha value is -3.28. The van der Waals surface area contributed by atoms with Crippen molar-refractivity contribution in [1.82, 2.24) is 0 Å². The zero-order chi connectivity index (χ0) is 20.4. The molecule has 0 aliphatic carbocycles. The second-order valence-corrected chi connectivity index (χ2v) is 5.85. The summed E-state index contributed by atoms with van der Waals surface area (Å²) in [4.78, 5) is 24.3. The number of carbonyl (C=O) groups excluding carboxylic acids is 2. The molecule has 1 amide bonds. The molecule has 0 fully saturated rings. The molecule has 28 heavy (non-hydrogen) atoms. The minimum Gasteiger partial charge on any atom is -0.493 e. The summed E-state index contributed by atoms with van der Waals surface area (Å²) in [7, 11) is 1.57. The summed E-state index contributed by atoms with van der Waals surface area (Å²) in [6, 6.07) is 12.2. The second-order valence-electron chi connectivity index (χ2n) is 5.85. The summed E-state index contributed by atoms with van der Waals surface area (Å²) in [6.07, 6.45) is 3.95. The number of hydrogen-bond donors (Lipinski definition) is 1. The Morgan fingerprint density at radius 2 is 1.86 bits per heavy atom. The number of para-hydroxylation sites is 1. The van der Waals surface area contributed by atoms with E-state index < -0.39 is 5.97 Å². The minimum atomic E-state index is -0.477. The minimum absolute atomic E-state index is 0.265. The van der Waals surface area contributed by atoms with Crippen molar-refractivity contribution >= 4 is 23.6 Å². The molecule has 6 heteroatoms. The van der Waals surface area contributed by atoms with Crippen molar-refractivity contribution in [2.75, 3.05) is 25.6 Å². The van der Waals surface area contributed by atoms with E-state index in [9.17, 15) is 9.59 Å². The first-order valence-electron chi connectivity index (χ1n) is 9.15. The number of ether oxygens (including phenoxy) is 3. The smallest absolute Gasteiger partial charge is 0.340 e. The molecular weight excluding hydrogens is 358 g/mol. The molecule has 0 aromatic heterocycles. The van der Waals surface area contributed by atoms with E-state index in [1.165, 1.54) is 6.08 Å². The monoisotopic (exact) mass is 383 g/mol. The predicted octanol–water partition coefficient (Wildman–Crippen LogP) is 4.31. The van der Waals surface area contributed by atoms with Gasteiger partial charge in [0.15, 0.2) is 11.5 Å². The molecule has 1 N–H and O–H groups in total. The number of amides is 1. The molecule has 0 aliphatic rings. The van der Waals surface area contributed by atoms with Crippen LogP contribution in [0.2, 0.25) is 0 Å². The van der Waals surface area contributed by atoms with Crippen molar-refractivity contribution in [3.63, 3.8) is 0 Å². The van der Waals surface area contributed by atoms with Crippen LogP contribution < -0.4 is 14.8 Å². The van der Waals surface area contributed by atoms with Crippen LogP contribution in [0, 0.1) is 0 Å². The van der Waals surface area contributed by atoms with Gasteiger partial charge in [0.25, 0.3) is 0 Å². The van der Waals surface area contributed by atoms with Crippen LogP contribution in [-0.4, -0.2) is 32.2 Å². The number of carbonyl (C=O) groups is 2. The SMILES string of the molecule is CCCOc1ccc(/C=C/C(=O)Nc2ccccc2C(=O)OCC)cc1OC. The molecule has 148 valence electrons. The van der Waals surface area contributed by atoms with E-state index in [0.29, 0.717) is 29.4 Å². The Kier molecular flexibility index (Phi) is 8.09. The van der Waals surface area contributed by atoms with Gasteiger partial charge in [-0.15, -0.1) is 0 Å². The Balaban J connectivity index is 2.09. The van der Waals surface area contributed by atoms with Gasteiger partial charge < -0.3 is 19.5 Å². The number of hydrogen-bond acceptors (Lipinski definition) is 5. The molecule has 0 saturated heterocycles. The van der Waals surface area contributed by atoms with E-state index in [4.69, 9.17) is 14.2 Å². The fourth-order valence-corrected chi connectivity index (χ4v) is 2.44. The van der Waals surface area contributed by atoms with Crippen molar-refractivity contribution in [3.8, 4) is 11.5 Å². The largest absolute Gasteiger partial charge is 0.493 e. The lowest BCUT2D eigenvalue weighted by Crippen LogP contribution is -2.13. The molecule has 6 nitrogen and oxygen atoms in total. The summed E-state index contributed by atoms with van der Waals surface area (Å²) in [5, 5.41) is 2.71. The van der Waals surface area contributed by atoms with Gasteiger partial charge in [-0.05, 0) is 49.2 Å². The summed E-state index contributed by atoms with van der Waals surface area (Å²) in [6.45, 7) is 4.63. The van der Waals surface area contributed by atoms with E-state index in [1.807, 2.05) is 19.1 Å². The van der Waals surface area contributed by atoms with Crippen LogP contribution in [0.4, 0.5) is 5.69 Å². The third kappa shape index (κ3) is 5.87. The first kappa shape index (κ1) is 21.0. The highest BCUT2D eigenvalue weighted by atomic mass is 16.5. The van der Waals surface area contributed by atoms with Gasteiger partial charge >= 0.3 is 5.97 Å². The third-order valence-corrected chi connectivity index (χ3v) is 3.76. The van der Waals surface area contributed by atoms with E-state index in [2.05, 4.69) is 5.32 Å². The van der Waals surface area contributed by atoms with Gasteiger partial charge in [0.2, 0.25) is 5.91 Å². The van der Waals surface area contributed by atoms with Gasteiger partial charge in [-0.2, -0.15) is 0 Å². The lowest BCUT2D eigenvalue weighted by atomic mass is 10.1. The first-order valence-corrected chi connectivity index (χ1v) is 9.15. The highest BCUT2D eigenvalue weighted by molar-refractivity contribution is 6.06. The Bertz CT molecular complexity index is 845. The zero-order valence-corrected chi connectivity index (χ0v) is 16.4.